The molecule has 0 aliphatic carbocycles. The summed E-state index contributed by atoms with van der Waals surface area (Å²) in [5.41, 5.74) is 0. The van der Waals surface area contributed by atoms with E-state index in [0.29, 0.717) is 0 Å². The van der Waals surface area contributed by atoms with Crippen LogP contribution in [-0.4, -0.2) is 82.2 Å². The van der Waals surface area contributed by atoms with E-state index in [-0.39, 0.29) is 6.29 Å². The fourth-order valence-electron chi connectivity index (χ4n) is 2.30. The Labute approximate surface area is 97.7 Å². The fourth-order valence-corrected chi connectivity index (χ4v) is 2.30. The van der Waals surface area contributed by atoms with Crippen LogP contribution in [0.2, 0.25) is 0 Å². The van der Waals surface area contributed by atoms with E-state index in [0.717, 1.165) is 25.7 Å². The molecule has 0 radical (unpaired) electrons. The van der Waals surface area contributed by atoms with Crippen LogP contribution in [0.5, 0.6) is 0 Å². The zero-order chi connectivity index (χ0) is 11.4. The van der Waals surface area contributed by atoms with Gasteiger partial charge in [0.05, 0.1) is 0 Å². The minimum atomic E-state index is -0.0862. The third-order valence-electron chi connectivity index (χ3n) is 3.62. The number of ether oxygens (including phenoxy) is 2. The minimum absolute atomic E-state index is 0.0862. The number of methoxy groups -OCH3 is 2. The summed E-state index contributed by atoms with van der Waals surface area (Å²) >= 11 is 0. The maximum Gasteiger partial charge on any atom is 0.169 e. The lowest BCUT2D eigenvalue weighted by molar-refractivity contribution is -0.120. The highest BCUT2D eigenvalue weighted by Crippen LogP contribution is 2.10. The molecule has 5 heteroatoms. The summed E-state index contributed by atoms with van der Waals surface area (Å²) in [4.78, 5) is 5.00. The van der Waals surface area contributed by atoms with Gasteiger partial charge in [-0.3, -0.25) is 9.80 Å². The summed E-state index contributed by atoms with van der Waals surface area (Å²) in [6.07, 6.45) is -0.0862. The Kier molecular flexibility index (Phi) is 4.55. The van der Waals surface area contributed by atoms with E-state index in [1.54, 1.807) is 14.2 Å². The van der Waals surface area contributed by atoms with Gasteiger partial charge in [-0.1, -0.05) is 0 Å². The van der Waals surface area contributed by atoms with Crippen LogP contribution < -0.4 is 5.32 Å². The van der Waals surface area contributed by atoms with Crippen LogP contribution in [0.4, 0.5) is 0 Å². The molecule has 0 saturated carbocycles. The standard InChI is InChI=1S/C11H23N3O2/c1-15-11(16-2)9-13-3-5-14(6-4-13)10-7-12-8-10/h10-12H,3-9H2,1-2H3. The maximum atomic E-state index is 5.22. The average Bonchev–Trinajstić information content (AvgIpc) is 2.26. The Balaban J connectivity index is 1.68. The molecule has 1 N–H and O–H groups in total. The Morgan fingerprint density at radius 1 is 1.12 bits per heavy atom. The lowest BCUT2D eigenvalue weighted by atomic mass is 10.1. The third kappa shape index (κ3) is 2.93. The molecule has 0 aromatic heterocycles. The van der Waals surface area contributed by atoms with Crippen molar-refractivity contribution in [3.63, 3.8) is 0 Å². The first-order valence-electron chi connectivity index (χ1n) is 6.06. The topological polar surface area (TPSA) is 37.0 Å². The van der Waals surface area contributed by atoms with Crippen molar-refractivity contribution in [2.75, 3.05) is 60.0 Å². The van der Waals surface area contributed by atoms with Crippen molar-refractivity contribution in [3.05, 3.63) is 0 Å². The van der Waals surface area contributed by atoms with Crippen molar-refractivity contribution in [2.24, 2.45) is 0 Å². The molecule has 0 unspecified atom stereocenters. The van der Waals surface area contributed by atoms with Crippen LogP contribution in [0.15, 0.2) is 0 Å². The predicted molar refractivity (Wildman–Crippen MR) is 62.5 cm³/mol. The van der Waals surface area contributed by atoms with E-state index in [2.05, 4.69) is 15.1 Å². The Morgan fingerprint density at radius 3 is 2.19 bits per heavy atom. The van der Waals surface area contributed by atoms with Crippen LogP contribution in [0.1, 0.15) is 0 Å². The summed E-state index contributed by atoms with van der Waals surface area (Å²) in [5, 5.41) is 3.32. The summed E-state index contributed by atoms with van der Waals surface area (Å²) in [5.74, 6) is 0. The van der Waals surface area contributed by atoms with E-state index in [4.69, 9.17) is 9.47 Å². The Hall–Kier alpha value is -0.200. The zero-order valence-electron chi connectivity index (χ0n) is 10.3. The first-order valence-corrected chi connectivity index (χ1v) is 6.06. The van der Waals surface area contributed by atoms with Crippen LogP contribution >= 0.6 is 0 Å². The molecule has 0 bridgehead atoms. The van der Waals surface area contributed by atoms with Gasteiger partial charge in [0, 0.05) is 66.1 Å². The average molecular weight is 229 g/mol. The molecule has 0 atom stereocenters. The molecule has 0 spiro atoms. The van der Waals surface area contributed by atoms with Crippen molar-refractivity contribution in [3.8, 4) is 0 Å². The van der Waals surface area contributed by atoms with Crippen LogP contribution in [-0.2, 0) is 9.47 Å². The second-order valence-corrected chi connectivity index (χ2v) is 4.55. The van der Waals surface area contributed by atoms with Gasteiger partial charge in [0.1, 0.15) is 0 Å². The highest BCUT2D eigenvalue weighted by Gasteiger charge is 2.28. The molecule has 2 aliphatic rings. The van der Waals surface area contributed by atoms with Gasteiger partial charge in [0.2, 0.25) is 0 Å². The van der Waals surface area contributed by atoms with E-state index >= 15 is 0 Å². The molecule has 2 heterocycles. The quantitative estimate of drug-likeness (QED) is 0.624. The molecular weight excluding hydrogens is 206 g/mol. The van der Waals surface area contributed by atoms with Crippen molar-refractivity contribution in [1.29, 1.82) is 0 Å². The van der Waals surface area contributed by atoms with E-state index in [1.165, 1.54) is 26.2 Å². The SMILES string of the molecule is COC(CN1CCN(C2CNC2)CC1)OC. The second-order valence-electron chi connectivity index (χ2n) is 4.55. The normalized spacial score (nSPS) is 24.9. The summed E-state index contributed by atoms with van der Waals surface area (Å²) in [6.45, 7) is 7.81. The van der Waals surface area contributed by atoms with Gasteiger partial charge in [0.15, 0.2) is 6.29 Å². The molecule has 2 fully saturated rings. The van der Waals surface area contributed by atoms with Gasteiger partial charge >= 0.3 is 0 Å². The van der Waals surface area contributed by atoms with Gasteiger partial charge < -0.3 is 14.8 Å². The number of hydrogen-bond acceptors (Lipinski definition) is 5. The third-order valence-corrected chi connectivity index (χ3v) is 3.62. The molecule has 2 aliphatic heterocycles. The van der Waals surface area contributed by atoms with Crippen molar-refractivity contribution in [1.82, 2.24) is 15.1 Å². The lowest BCUT2D eigenvalue weighted by Crippen LogP contribution is -2.62. The van der Waals surface area contributed by atoms with Gasteiger partial charge in [-0.2, -0.15) is 0 Å². The van der Waals surface area contributed by atoms with Gasteiger partial charge in [0.25, 0.3) is 0 Å². The van der Waals surface area contributed by atoms with Crippen LogP contribution in [0.3, 0.4) is 0 Å². The van der Waals surface area contributed by atoms with Crippen LogP contribution in [0, 0.1) is 0 Å². The highest BCUT2D eigenvalue weighted by atomic mass is 16.7. The van der Waals surface area contributed by atoms with E-state index < -0.39 is 0 Å². The molecule has 94 valence electrons. The predicted octanol–water partition coefficient (Wildman–Crippen LogP) is -0.805. The summed E-state index contributed by atoms with van der Waals surface area (Å²) < 4.78 is 10.4. The molecule has 0 aromatic rings. The first-order chi connectivity index (χ1) is 7.83. The van der Waals surface area contributed by atoms with E-state index in [9.17, 15) is 0 Å². The summed E-state index contributed by atoms with van der Waals surface area (Å²) in [6, 6.07) is 0.780. The van der Waals surface area contributed by atoms with E-state index in [1.807, 2.05) is 0 Å². The number of piperazine rings is 1. The minimum Gasteiger partial charge on any atom is -0.355 e. The summed E-state index contributed by atoms with van der Waals surface area (Å²) in [7, 11) is 3.40. The largest absolute Gasteiger partial charge is 0.355 e. The Bertz CT molecular complexity index is 199. The van der Waals surface area contributed by atoms with Gasteiger partial charge in [-0.25, -0.2) is 0 Å². The van der Waals surface area contributed by atoms with Crippen molar-refractivity contribution >= 4 is 0 Å². The zero-order valence-corrected chi connectivity index (χ0v) is 10.3. The lowest BCUT2D eigenvalue weighted by Gasteiger charge is -2.43. The molecule has 2 rings (SSSR count). The number of rotatable bonds is 5. The van der Waals surface area contributed by atoms with Crippen LogP contribution in [0.25, 0.3) is 0 Å². The highest BCUT2D eigenvalue weighted by molar-refractivity contribution is 4.87. The molecule has 16 heavy (non-hydrogen) atoms. The number of nitrogens with zero attached hydrogens (tertiary/aromatic N) is 2. The molecule has 2 saturated heterocycles. The Morgan fingerprint density at radius 2 is 1.75 bits per heavy atom. The monoisotopic (exact) mass is 229 g/mol. The van der Waals surface area contributed by atoms with Gasteiger partial charge in [-0.05, 0) is 0 Å². The van der Waals surface area contributed by atoms with Crippen molar-refractivity contribution in [2.45, 2.75) is 12.3 Å². The van der Waals surface area contributed by atoms with Gasteiger partial charge in [-0.15, -0.1) is 0 Å². The number of nitrogens with one attached hydrogen (secondary N) is 1. The van der Waals surface area contributed by atoms with Crippen molar-refractivity contribution < 1.29 is 9.47 Å². The molecular formula is C11H23N3O2. The molecule has 0 aromatic carbocycles. The first kappa shape index (κ1) is 12.3. The molecule has 5 nitrogen and oxygen atoms in total. The smallest absolute Gasteiger partial charge is 0.169 e. The number of hydrogen-bond donors (Lipinski definition) is 1. The molecule has 0 amide bonds. The fraction of sp³-hybridized carbons (Fsp3) is 1.00. The second kappa shape index (κ2) is 5.93. The maximum absolute atomic E-state index is 5.22.